The molecule has 4 saturated heterocycles. The Morgan fingerprint density at radius 1 is 0.854 bits per heavy atom. The summed E-state index contributed by atoms with van der Waals surface area (Å²) in [5.41, 5.74) is 11.2. The van der Waals surface area contributed by atoms with Gasteiger partial charge in [-0.1, -0.05) is 0 Å². The van der Waals surface area contributed by atoms with Gasteiger partial charge in [0, 0.05) is 84.6 Å². The van der Waals surface area contributed by atoms with E-state index in [2.05, 4.69) is 49.2 Å². The van der Waals surface area contributed by atoms with Crippen LogP contribution in [0.1, 0.15) is 25.7 Å². The van der Waals surface area contributed by atoms with E-state index in [0.29, 0.717) is 25.2 Å². The number of carbonyl (C=O) groups excluding carboxylic acids is 1. The molecule has 12 nitrogen and oxygen atoms in total. The maximum absolute atomic E-state index is 10.9. The molecule has 5 atom stereocenters. The molecule has 5 unspecified atom stereocenters. The van der Waals surface area contributed by atoms with Crippen LogP contribution in [0, 0.1) is 23.7 Å². The first-order chi connectivity index (χ1) is 19.9. The molecular formula is C29H64N10O2. The molecule has 242 valence electrons. The normalized spacial score (nSPS) is 29.6. The molecule has 0 aromatic rings. The smallest absolute Gasteiger partial charge is 0.250 e. The van der Waals surface area contributed by atoms with E-state index >= 15 is 0 Å². The monoisotopic (exact) mass is 585 g/mol. The Hall–Kier alpha value is -0.930. The van der Waals surface area contributed by atoms with Crippen molar-refractivity contribution in [3.05, 3.63) is 0 Å². The lowest BCUT2D eigenvalue weighted by molar-refractivity contribution is -0.133. The number of nitrogens with zero attached hydrogens (tertiary/aromatic N) is 1. The van der Waals surface area contributed by atoms with E-state index in [4.69, 9.17) is 16.2 Å². The Labute approximate surface area is 250 Å². The molecule has 0 spiro atoms. The number of hydrogen-bond acceptors (Lipinski definition) is 11. The lowest BCUT2D eigenvalue weighted by Gasteiger charge is -2.35. The Bertz CT molecular complexity index is 644. The zero-order valence-electron chi connectivity index (χ0n) is 26.5. The molecule has 0 radical (unpaired) electrons. The van der Waals surface area contributed by atoms with Gasteiger partial charge in [-0.2, -0.15) is 0 Å². The van der Waals surface area contributed by atoms with Gasteiger partial charge in [0.05, 0.1) is 6.61 Å². The SMILES string of the molecule is CN(CC1CNC1)CC1CNC1.CNC(=O)C1CNCCO1.CNCC1CC(N)CN1.CNCC1CCC(CN)C1. The zero-order chi connectivity index (χ0) is 29.9. The molecule has 11 N–H and O–H groups in total. The van der Waals surface area contributed by atoms with Crippen LogP contribution in [0.5, 0.6) is 0 Å². The van der Waals surface area contributed by atoms with Gasteiger partial charge in [-0.3, -0.25) is 4.79 Å². The molecule has 0 bridgehead atoms. The summed E-state index contributed by atoms with van der Waals surface area (Å²) in [6, 6.07) is 0.980. The number of nitrogens with two attached hydrogens (primary N) is 2. The van der Waals surface area contributed by atoms with Crippen molar-refractivity contribution in [2.24, 2.45) is 35.1 Å². The van der Waals surface area contributed by atoms with Crippen molar-refractivity contribution in [3.63, 3.8) is 0 Å². The molecule has 1 amide bonds. The Morgan fingerprint density at radius 3 is 1.90 bits per heavy atom. The third kappa shape index (κ3) is 15.4. The highest BCUT2D eigenvalue weighted by Crippen LogP contribution is 2.29. The minimum Gasteiger partial charge on any atom is -0.366 e. The summed E-state index contributed by atoms with van der Waals surface area (Å²) in [6.45, 7) is 13.6. The molecule has 5 aliphatic rings. The van der Waals surface area contributed by atoms with Crippen LogP contribution in [0.3, 0.4) is 0 Å². The largest absolute Gasteiger partial charge is 0.366 e. The lowest BCUT2D eigenvalue weighted by atomic mass is 10.00. The van der Waals surface area contributed by atoms with E-state index in [0.717, 1.165) is 56.3 Å². The fourth-order valence-corrected chi connectivity index (χ4v) is 5.92. The highest BCUT2D eigenvalue weighted by atomic mass is 16.5. The third-order valence-corrected chi connectivity index (χ3v) is 8.52. The second kappa shape index (κ2) is 21.7. The maximum Gasteiger partial charge on any atom is 0.250 e. The number of nitrogens with one attached hydrogen (secondary N) is 7. The predicted molar refractivity (Wildman–Crippen MR) is 169 cm³/mol. The van der Waals surface area contributed by atoms with Crippen LogP contribution < -0.4 is 48.7 Å². The van der Waals surface area contributed by atoms with E-state index in [-0.39, 0.29) is 12.0 Å². The molecule has 1 aliphatic carbocycles. The zero-order valence-corrected chi connectivity index (χ0v) is 26.5. The van der Waals surface area contributed by atoms with Crippen molar-refractivity contribution in [2.75, 3.05) is 113 Å². The van der Waals surface area contributed by atoms with E-state index in [9.17, 15) is 4.79 Å². The number of hydrogen-bond donors (Lipinski definition) is 9. The van der Waals surface area contributed by atoms with Gasteiger partial charge in [0.1, 0.15) is 6.10 Å². The average Bonchev–Trinajstić information content (AvgIpc) is 3.58. The fraction of sp³-hybridized carbons (Fsp3) is 0.966. The summed E-state index contributed by atoms with van der Waals surface area (Å²) in [6.07, 6.45) is 4.89. The average molecular weight is 585 g/mol. The van der Waals surface area contributed by atoms with Crippen molar-refractivity contribution in [3.8, 4) is 0 Å². The molecule has 41 heavy (non-hydrogen) atoms. The van der Waals surface area contributed by atoms with Crippen LogP contribution in [-0.2, 0) is 9.53 Å². The van der Waals surface area contributed by atoms with Gasteiger partial charge >= 0.3 is 0 Å². The van der Waals surface area contributed by atoms with Gasteiger partial charge in [0.25, 0.3) is 0 Å². The van der Waals surface area contributed by atoms with Gasteiger partial charge in [0.2, 0.25) is 5.91 Å². The first kappa shape index (κ1) is 36.3. The third-order valence-electron chi connectivity index (χ3n) is 8.52. The number of carbonyl (C=O) groups is 1. The summed E-state index contributed by atoms with van der Waals surface area (Å²) in [5.74, 6) is 3.51. The number of amides is 1. The summed E-state index contributed by atoms with van der Waals surface area (Å²) in [4.78, 5) is 13.4. The molecule has 12 heteroatoms. The molecule has 5 fully saturated rings. The van der Waals surface area contributed by atoms with Crippen molar-refractivity contribution >= 4 is 5.91 Å². The van der Waals surface area contributed by atoms with Gasteiger partial charge in [-0.25, -0.2) is 0 Å². The van der Waals surface area contributed by atoms with Crippen LogP contribution in [-0.4, -0.2) is 142 Å². The summed E-state index contributed by atoms with van der Waals surface area (Å²) in [5, 5.41) is 21.9. The Kier molecular flexibility index (Phi) is 19.2. The molecule has 4 heterocycles. The van der Waals surface area contributed by atoms with Gasteiger partial charge in [-0.05, 0) is 83.6 Å². The van der Waals surface area contributed by atoms with Crippen molar-refractivity contribution < 1.29 is 9.53 Å². The maximum atomic E-state index is 10.9. The molecule has 1 saturated carbocycles. The molecule has 0 aromatic heterocycles. The van der Waals surface area contributed by atoms with Crippen LogP contribution in [0.2, 0.25) is 0 Å². The first-order valence-corrected chi connectivity index (χ1v) is 16.0. The fourth-order valence-electron chi connectivity index (χ4n) is 5.92. The quantitative estimate of drug-likeness (QED) is 0.134. The number of likely N-dealkylation sites (N-methyl/N-ethyl adjacent to an activating group) is 2. The van der Waals surface area contributed by atoms with E-state index < -0.39 is 0 Å². The van der Waals surface area contributed by atoms with Crippen LogP contribution in [0.25, 0.3) is 0 Å². The number of rotatable bonds is 10. The minimum absolute atomic E-state index is 0.0489. The minimum atomic E-state index is -0.293. The van der Waals surface area contributed by atoms with Gasteiger partial charge in [0.15, 0.2) is 0 Å². The number of ether oxygens (including phenoxy) is 1. The molecular weight excluding hydrogens is 520 g/mol. The summed E-state index contributed by atoms with van der Waals surface area (Å²) >= 11 is 0. The lowest BCUT2D eigenvalue weighted by Crippen LogP contribution is -2.51. The van der Waals surface area contributed by atoms with Crippen LogP contribution in [0.15, 0.2) is 0 Å². The second-order valence-electron chi connectivity index (χ2n) is 12.4. The topological polar surface area (TPSA) is 166 Å². The van der Waals surface area contributed by atoms with E-state index in [1.807, 2.05) is 14.1 Å². The van der Waals surface area contributed by atoms with Crippen LogP contribution >= 0.6 is 0 Å². The van der Waals surface area contributed by atoms with Gasteiger partial charge in [-0.15, -0.1) is 0 Å². The summed E-state index contributed by atoms with van der Waals surface area (Å²) in [7, 11) is 7.85. The van der Waals surface area contributed by atoms with Crippen LogP contribution in [0.4, 0.5) is 0 Å². The predicted octanol–water partition coefficient (Wildman–Crippen LogP) is -2.45. The Balaban J connectivity index is 0.000000192. The number of morpholine rings is 1. The van der Waals surface area contributed by atoms with E-state index in [1.54, 1.807) is 7.05 Å². The first-order valence-electron chi connectivity index (χ1n) is 16.0. The highest BCUT2D eigenvalue weighted by Gasteiger charge is 2.24. The second-order valence-corrected chi connectivity index (χ2v) is 12.4. The molecule has 5 rings (SSSR count). The van der Waals surface area contributed by atoms with Crippen molar-refractivity contribution in [1.29, 1.82) is 0 Å². The van der Waals surface area contributed by atoms with Gasteiger partial charge < -0.3 is 58.3 Å². The summed E-state index contributed by atoms with van der Waals surface area (Å²) < 4.78 is 5.16. The Morgan fingerprint density at radius 2 is 1.49 bits per heavy atom. The van der Waals surface area contributed by atoms with Crippen molar-refractivity contribution in [2.45, 2.75) is 43.9 Å². The highest BCUT2D eigenvalue weighted by molar-refractivity contribution is 5.80. The van der Waals surface area contributed by atoms with Crippen molar-refractivity contribution in [1.82, 2.24) is 42.1 Å². The van der Waals surface area contributed by atoms with E-state index in [1.165, 1.54) is 65.1 Å². The molecule has 4 aliphatic heterocycles. The molecule has 0 aromatic carbocycles. The standard InChI is InChI=1S/C9H19N3.C8H18N2.C6H15N3.C6H12N2O2/c1-12(6-8-2-10-3-8)7-9-4-11-5-9;1-10-6-8-3-2-7(4-8)5-9;1-8-4-6-2-5(7)3-9-6;1-7-6(9)5-4-8-2-3-10-5/h8-11H,2-7H2,1H3;7-8,10H,2-6,9H2,1H3;5-6,8-9H,2-4,7H2,1H3;5,8H,2-4H2,1H3,(H,7,9).